The van der Waals surface area contributed by atoms with Crippen molar-refractivity contribution in [2.75, 3.05) is 41.0 Å². The highest BCUT2D eigenvalue weighted by Gasteiger charge is 2.31. The van der Waals surface area contributed by atoms with Crippen LogP contribution in [0, 0.1) is 0 Å². The van der Waals surface area contributed by atoms with Gasteiger partial charge in [0.25, 0.3) is 0 Å². The van der Waals surface area contributed by atoms with E-state index in [4.69, 9.17) is 14.2 Å². The van der Waals surface area contributed by atoms with Gasteiger partial charge in [0.05, 0.1) is 34.4 Å². The van der Waals surface area contributed by atoms with Gasteiger partial charge < -0.3 is 23.8 Å². The highest BCUT2D eigenvalue weighted by atomic mass is 16.6. The number of aliphatic carboxylic acids is 1. The number of carbonyl (C=O) groups excluding carboxylic acids is 2. The van der Waals surface area contributed by atoms with Crippen LogP contribution < -0.4 is 0 Å². The van der Waals surface area contributed by atoms with Gasteiger partial charge in [-0.05, 0) is 83.5 Å². The molecule has 0 radical (unpaired) electrons. The molecule has 0 aromatic heterocycles. The van der Waals surface area contributed by atoms with Crippen molar-refractivity contribution < 1.29 is 38.2 Å². The van der Waals surface area contributed by atoms with Gasteiger partial charge in [-0.25, -0.2) is 4.79 Å². The van der Waals surface area contributed by atoms with E-state index in [2.05, 4.69) is 86.8 Å². The lowest BCUT2D eigenvalue weighted by Gasteiger charge is -2.31. The average molecular weight is 954 g/mol. The van der Waals surface area contributed by atoms with Crippen molar-refractivity contribution in [3.8, 4) is 0 Å². The van der Waals surface area contributed by atoms with E-state index in [0.717, 1.165) is 77.0 Å². The van der Waals surface area contributed by atoms with Crippen LogP contribution in [-0.4, -0.2) is 80.6 Å². The molecule has 0 spiro atoms. The summed E-state index contributed by atoms with van der Waals surface area (Å²) in [6.07, 6.45) is 65.3. The van der Waals surface area contributed by atoms with Crippen molar-refractivity contribution in [2.24, 2.45) is 0 Å². The summed E-state index contributed by atoms with van der Waals surface area (Å²) in [5, 5.41) is 9.67. The Morgan fingerprint density at radius 1 is 0.456 bits per heavy atom. The molecule has 0 aromatic carbocycles. The summed E-state index contributed by atoms with van der Waals surface area (Å²) in [5.41, 5.74) is 0. The lowest BCUT2D eigenvalue weighted by molar-refractivity contribution is -0.887. The van der Waals surface area contributed by atoms with Gasteiger partial charge in [-0.2, -0.15) is 0 Å². The molecule has 2 atom stereocenters. The van der Waals surface area contributed by atoms with E-state index in [9.17, 15) is 19.5 Å². The molecule has 0 saturated carbocycles. The molecule has 0 fully saturated rings. The zero-order valence-corrected chi connectivity index (χ0v) is 44.8. The molecule has 0 aromatic rings. The van der Waals surface area contributed by atoms with Crippen LogP contribution in [0.15, 0.2) is 72.9 Å². The number of allylic oxidation sites excluding steroid dienone is 12. The summed E-state index contributed by atoms with van der Waals surface area (Å²) in [6.45, 7) is 4.62. The first-order valence-corrected chi connectivity index (χ1v) is 28.0. The summed E-state index contributed by atoms with van der Waals surface area (Å²) in [4.78, 5) is 37.3. The van der Waals surface area contributed by atoms with Crippen LogP contribution in [0.1, 0.15) is 239 Å². The van der Waals surface area contributed by atoms with Crippen molar-refractivity contribution in [1.82, 2.24) is 0 Å². The highest BCUT2D eigenvalue weighted by molar-refractivity contribution is 5.72. The Labute approximate surface area is 419 Å². The van der Waals surface area contributed by atoms with Crippen molar-refractivity contribution in [3.63, 3.8) is 0 Å². The zero-order valence-electron chi connectivity index (χ0n) is 44.8. The van der Waals surface area contributed by atoms with Gasteiger partial charge in [-0.3, -0.25) is 9.59 Å². The van der Waals surface area contributed by atoms with Crippen LogP contribution >= 0.6 is 0 Å². The quantitative estimate of drug-likeness (QED) is 0.0281. The summed E-state index contributed by atoms with van der Waals surface area (Å²) in [6, 6.07) is -0.620. The molecule has 0 aliphatic rings. The predicted molar refractivity (Wildman–Crippen MR) is 289 cm³/mol. The third kappa shape index (κ3) is 47.8. The Bertz CT molecular complexity index is 1340. The fourth-order valence-electron chi connectivity index (χ4n) is 8.06. The van der Waals surface area contributed by atoms with E-state index >= 15 is 0 Å². The van der Waals surface area contributed by atoms with Crippen LogP contribution in [0.3, 0.4) is 0 Å². The number of quaternary nitrogens is 1. The number of carboxylic acids is 1. The van der Waals surface area contributed by atoms with Gasteiger partial charge in [0, 0.05) is 19.3 Å². The molecule has 0 bridgehead atoms. The first-order chi connectivity index (χ1) is 33.1. The second-order valence-corrected chi connectivity index (χ2v) is 19.8. The van der Waals surface area contributed by atoms with Gasteiger partial charge >= 0.3 is 17.9 Å². The molecule has 0 aliphatic carbocycles. The van der Waals surface area contributed by atoms with Crippen LogP contribution in [0.25, 0.3) is 0 Å². The van der Waals surface area contributed by atoms with Crippen molar-refractivity contribution in [2.45, 2.75) is 251 Å². The number of esters is 2. The number of rotatable bonds is 50. The summed E-state index contributed by atoms with van der Waals surface area (Å²) < 4.78 is 17.4. The number of carbonyl (C=O) groups is 3. The molecule has 8 heteroatoms. The SMILES string of the molecule is CC/C=C\C/C=C\C/C=C\C/C=C\CCCCCCCCCCC(=O)OC(COCCC(C(=O)O)[N+](C)(C)C)COC(=O)CCCCCCCCCCCCC/C=C\C/C=C\CCCCCCC. The Hall–Kier alpha value is -3.23. The fourth-order valence-corrected chi connectivity index (χ4v) is 8.06. The van der Waals surface area contributed by atoms with E-state index in [1.807, 2.05) is 21.1 Å². The molecule has 392 valence electrons. The Morgan fingerprint density at radius 3 is 1.22 bits per heavy atom. The molecular weight excluding hydrogens is 847 g/mol. The fraction of sp³-hybridized carbons (Fsp3) is 0.750. The molecule has 0 aliphatic heterocycles. The second-order valence-electron chi connectivity index (χ2n) is 19.8. The summed E-state index contributed by atoms with van der Waals surface area (Å²) in [5.74, 6) is -1.48. The third-order valence-corrected chi connectivity index (χ3v) is 12.3. The minimum absolute atomic E-state index is 0.0551. The monoisotopic (exact) mass is 953 g/mol. The van der Waals surface area contributed by atoms with Crippen LogP contribution in [-0.2, 0) is 28.6 Å². The van der Waals surface area contributed by atoms with Gasteiger partial charge in [0.15, 0.2) is 12.1 Å². The smallest absolute Gasteiger partial charge is 0.362 e. The maximum Gasteiger partial charge on any atom is 0.362 e. The molecule has 2 unspecified atom stereocenters. The highest BCUT2D eigenvalue weighted by Crippen LogP contribution is 2.16. The first kappa shape index (κ1) is 64.8. The van der Waals surface area contributed by atoms with E-state index in [0.29, 0.717) is 19.3 Å². The number of nitrogens with zero attached hydrogens (tertiary/aromatic N) is 1. The van der Waals surface area contributed by atoms with E-state index in [1.54, 1.807) is 0 Å². The second kappa shape index (κ2) is 50.2. The van der Waals surface area contributed by atoms with Crippen molar-refractivity contribution in [1.29, 1.82) is 0 Å². The maximum absolute atomic E-state index is 12.8. The van der Waals surface area contributed by atoms with Gasteiger partial charge in [0.2, 0.25) is 0 Å². The first-order valence-electron chi connectivity index (χ1n) is 28.0. The lowest BCUT2D eigenvalue weighted by atomic mass is 10.0. The molecule has 0 amide bonds. The largest absolute Gasteiger partial charge is 0.477 e. The predicted octanol–water partition coefficient (Wildman–Crippen LogP) is 16.6. The van der Waals surface area contributed by atoms with E-state index in [1.165, 1.54) is 128 Å². The average Bonchev–Trinajstić information content (AvgIpc) is 3.30. The summed E-state index contributed by atoms with van der Waals surface area (Å²) in [7, 11) is 5.54. The zero-order chi connectivity index (χ0) is 49.9. The standard InChI is InChI=1S/C60H105NO7/c1-6-8-10-12-14-16-18-20-22-24-26-28-29-31-32-34-36-38-40-42-44-46-48-50-58(62)67-55-56(54-66-53-52-57(60(64)65)61(3,4)5)68-59(63)51-49-47-45-43-41-39-37-35-33-30-27-25-23-21-19-17-15-13-11-9-7-2/h9,11,15,17-18,20-21,23-24,26-27,30,56-57H,6-8,10,12-14,16,19,22,25,28-29,31-55H2,1-5H3/p+1/b11-9-,17-15-,20-18-,23-21-,26-24-,30-27-. The number of unbranched alkanes of at least 4 members (excludes halogenated alkanes) is 24. The number of likely N-dealkylation sites (N-methyl/N-ethyl adjacent to an activating group) is 1. The van der Waals surface area contributed by atoms with Crippen LogP contribution in [0.2, 0.25) is 0 Å². The number of carboxylic acid groups (broad SMARTS) is 1. The Morgan fingerprint density at radius 2 is 0.824 bits per heavy atom. The third-order valence-electron chi connectivity index (χ3n) is 12.3. The van der Waals surface area contributed by atoms with Crippen LogP contribution in [0.4, 0.5) is 0 Å². The van der Waals surface area contributed by atoms with Gasteiger partial charge in [-0.1, -0.05) is 209 Å². The Kier molecular flexibility index (Phi) is 47.8. The van der Waals surface area contributed by atoms with Gasteiger partial charge in [-0.15, -0.1) is 0 Å². The van der Waals surface area contributed by atoms with Crippen molar-refractivity contribution in [3.05, 3.63) is 72.9 Å². The van der Waals surface area contributed by atoms with E-state index < -0.39 is 18.1 Å². The minimum Gasteiger partial charge on any atom is -0.477 e. The molecule has 0 saturated heterocycles. The molecule has 8 nitrogen and oxygen atoms in total. The lowest BCUT2D eigenvalue weighted by Crippen LogP contribution is -2.50. The number of ether oxygens (including phenoxy) is 3. The maximum atomic E-state index is 12.8. The molecule has 1 N–H and O–H groups in total. The topological polar surface area (TPSA) is 99.1 Å². The number of hydrogen-bond donors (Lipinski definition) is 1. The van der Waals surface area contributed by atoms with E-state index in [-0.39, 0.29) is 36.2 Å². The number of hydrogen-bond acceptors (Lipinski definition) is 6. The Balaban J connectivity index is 4.21. The van der Waals surface area contributed by atoms with Crippen LogP contribution in [0.5, 0.6) is 0 Å². The normalized spacial score (nSPS) is 13.4. The van der Waals surface area contributed by atoms with Gasteiger partial charge in [0.1, 0.15) is 6.61 Å². The van der Waals surface area contributed by atoms with Crippen molar-refractivity contribution >= 4 is 17.9 Å². The molecule has 0 heterocycles. The minimum atomic E-state index is -0.877. The molecule has 68 heavy (non-hydrogen) atoms. The molecular formula is C60H106NO7+. The molecule has 0 rings (SSSR count). The summed E-state index contributed by atoms with van der Waals surface area (Å²) >= 11 is 0.